The van der Waals surface area contributed by atoms with Crippen LogP contribution in [-0.4, -0.2) is 35.0 Å². The average Bonchev–Trinajstić information content (AvgIpc) is 3.36. The molecule has 39 heavy (non-hydrogen) atoms. The summed E-state index contributed by atoms with van der Waals surface area (Å²) in [5.41, 5.74) is 6.05. The third-order valence-corrected chi connectivity index (χ3v) is 7.58. The highest BCUT2D eigenvalue weighted by atomic mass is 32.2. The lowest BCUT2D eigenvalue weighted by Gasteiger charge is -2.35. The van der Waals surface area contributed by atoms with Crippen LogP contribution in [0.15, 0.2) is 82.4 Å². The zero-order valence-electron chi connectivity index (χ0n) is 21.6. The van der Waals surface area contributed by atoms with Gasteiger partial charge in [0.05, 0.1) is 29.5 Å². The fraction of sp³-hybridized carbons (Fsp3) is 0.276. The van der Waals surface area contributed by atoms with Crippen LogP contribution in [0.1, 0.15) is 25.3 Å². The van der Waals surface area contributed by atoms with Crippen molar-refractivity contribution in [2.45, 2.75) is 41.1 Å². The maximum absolute atomic E-state index is 15.4. The summed E-state index contributed by atoms with van der Waals surface area (Å²) in [6.45, 7) is 2.76. The van der Waals surface area contributed by atoms with Gasteiger partial charge < -0.3 is 15.2 Å². The highest BCUT2D eigenvalue weighted by Crippen LogP contribution is 2.41. The first-order valence-corrected chi connectivity index (χ1v) is 13.1. The van der Waals surface area contributed by atoms with E-state index in [1.807, 2.05) is 6.92 Å². The molecule has 3 aromatic rings. The molecule has 7 nitrogen and oxygen atoms in total. The van der Waals surface area contributed by atoms with Crippen molar-refractivity contribution in [2.24, 2.45) is 12.8 Å². The molecule has 0 spiro atoms. The van der Waals surface area contributed by atoms with Crippen LogP contribution in [0, 0.1) is 23.0 Å². The smallest absolute Gasteiger partial charge is 0.248 e. The molecule has 2 aliphatic heterocycles. The lowest BCUT2D eigenvalue weighted by Crippen LogP contribution is -2.37. The molecule has 0 radical (unpaired) electrons. The van der Waals surface area contributed by atoms with Crippen molar-refractivity contribution in [3.8, 4) is 17.3 Å². The summed E-state index contributed by atoms with van der Waals surface area (Å²) in [5.74, 6) is -1.23. The Hall–Kier alpha value is -3.94. The SMILES string of the molecule is C[C@H]1C[C@@](C#N)(c2cccc(Sc3ccc(-c4ccnn4C)c(F)c3)c2F)CCO1.NC(=O)C1=CCOC=C1. The molecule has 0 saturated carbocycles. The Labute approximate surface area is 229 Å². The molecule has 2 N–H and O–H groups in total. The molecular weight excluding hydrogens is 522 g/mol. The molecule has 10 heteroatoms. The van der Waals surface area contributed by atoms with E-state index in [0.717, 1.165) is 11.8 Å². The first-order valence-electron chi connectivity index (χ1n) is 12.3. The lowest BCUT2D eigenvalue weighted by molar-refractivity contribution is -0.114. The van der Waals surface area contributed by atoms with Crippen LogP contribution in [0.4, 0.5) is 8.78 Å². The van der Waals surface area contributed by atoms with Crippen molar-refractivity contribution >= 4 is 17.7 Å². The number of nitriles is 1. The number of primary amides is 1. The van der Waals surface area contributed by atoms with Crippen LogP contribution in [0.2, 0.25) is 0 Å². The van der Waals surface area contributed by atoms with E-state index >= 15 is 4.39 Å². The molecule has 5 rings (SSSR count). The Kier molecular flexibility index (Phi) is 8.84. The van der Waals surface area contributed by atoms with Gasteiger partial charge in [0, 0.05) is 46.3 Å². The number of ether oxygens (including phenoxy) is 2. The highest BCUT2D eigenvalue weighted by Gasteiger charge is 2.40. The largest absolute Gasteiger partial charge is 0.497 e. The first-order chi connectivity index (χ1) is 18.7. The molecule has 202 valence electrons. The van der Waals surface area contributed by atoms with Crippen molar-refractivity contribution in [1.29, 1.82) is 5.26 Å². The minimum atomic E-state index is -0.910. The van der Waals surface area contributed by atoms with E-state index < -0.39 is 23.0 Å². The number of hydrogen-bond donors (Lipinski definition) is 1. The predicted molar refractivity (Wildman–Crippen MR) is 143 cm³/mol. The Morgan fingerprint density at radius 1 is 1.28 bits per heavy atom. The number of amides is 1. The fourth-order valence-electron chi connectivity index (χ4n) is 4.55. The number of nitrogens with zero attached hydrogens (tertiary/aromatic N) is 3. The Balaban J connectivity index is 0.000000333. The summed E-state index contributed by atoms with van der Waals surface area (Å²) < 4.78 is 42.1. The summed E-state index contributed by atoms with van der Waals surface area (Å²) >= 11 is 1.15. The number of aromatic nitrogens is 2. The van der Waals surface area contributed by atoms with E-state index in [2.05, 4.69) is 11.2 Å². The molecule has 2 aromatic carbocycles. The molecule has 1 fully saturated rings. The molecule has 0 aliphatic carbocycles. The number of halogens is 2. The van der Waals surface area contributed by atoms with Crippen LogP contribution in [0.25, 0.3) is 11.3 Å². The van der Waals surface area contributed by atoms with E-state index in [9.17, 15) is 14.4 Å². The summed E-state index contributed by atoms with van der Waals surface area (Å²) in [5, 5.41) is 13.9. The fourth-order valence-corrected chi connectivity index (χ4v) is 5.45. The second-order valence-electron chi connectivity index (χ2n) is 9.19. The number of benzene rings is 2. The van der Waals surface area contributed by atoms with Crippen LogP contribution in [0.3, 0.4) is 0 Å². The Morgan fingerprint density at radius 2 is 2.10 bits per heavy atom. The molecule has 3 heterocycles. The van der Waals surface area contributed by atoms with E-state index in [1.54, 1.807) is 66.5 Å². The van der Waals surface area contributed by atoms with Gasteiger partial charge in [0.15, 0.2) is 0 Å². The summed E-state index contributed by atoms with van der Waals surface area (Å²) in [4.78, 5) is 11.4. The number of carbonyl (C=O) groups is 1. The summed E-state index contributed by atoms with van der Waals surface area (Å²) in [6, 6.07) is 14.0. The highest BCUT2D eigenvalue weighted by molar-refractivity contribution is 7.99. The van der Waals surface area contributed by atoms with Crippen molar-refractivity contribution in [1.82, 2.24) is 9.78 Å². The topological polar surface area (TPSA) is 103 Å². The van der Waals surface area contributed by atoms with E-state index in [4.69, 9.17) is 15.2 Å². The van der Waals surface area contributed by atoms with Gasteiger partial charge in [-0.05, 0) is 62.2 Å². The zero-order valence-corrected chi connectivity index (χ0v) is 22.4. The number of hydrogen-bond acceptors (Lipinski definition) is 6. The van der Waals surface area contributed by atoms with Gasteiger partial charge >= 0.3 is 0 Å². The van der Waals surface area contributed by atoms with E-state index in [-0.39, 0.29) is 6.10 Å². The molecule has 0 unspecified atom stereocenters. The molecule has 2 atom stereocenters. The maximum atomic E-state index is 15.4. The predicted octanol–water partition coefficient (Wildman–Crippen LogP) is 5.42. The van der Waals surface area contributed by atoms with Crippen LogP contribution < -0.4 is 5.73 Å². The molecule has 2 aliphatic rings. The number of rotatable bonds is 5. The minimum absolute atomic E-state index is 0.109. The van der Waals surface area contributed by atoms with Gasteiger partial charge in [0.2, 0.25) is 5.91 Å². The summed E-state index contributed by atoms with van der Waals surface area (Å²) in [6.07, 6.45) is 7.05. The number of nitrogens with two attached hydrogens (primary N) is 1. The van der Waals surface area contributed by atoms with Crippen LogP contribution in [0.5, 0.6) is 0 Å². The molecule has 0 bridgehead atoms. The molecular formula is C29H28F2N4O3S. The van der Waals surface area contributed by atoms with Crippen molar-refractivity contribution in [2.75, 3.05) is 13.2 Å². The molecule has 1 aromatic heterocycles. The Morgan fingerprint density at radius 3 is 2.69 bits per heavy atom. The van der Waals surface area contributed by atoms with Crippen LogP contribution in [-0.2, 0) is 26.7 Å². The van der Waals surface area contributed by atoms with Gasteiger partial charge in [-0.2, -0.15) is 10.4 Å². The van der Waals surface area contributed by atoms with Crippen LogP contribution >= 0.6 is 11.8 Å². The van der Waals surface area contributed by atoms with Gasteiger partial charge in [-0.15, -0.1) is 0 Å². The average molecular weight is 551 g/mol. The van der Waals surface area contributed by atoms with Crippen molar-refractivity contribution < 1.29 is 23.0 Å². The second kappa shape index (κ2) is 12.3. The number of aryl methyl sites for hydroxylation is 1. The van der Waals surface area contributed by atoms with Gasteiger partial charge in [-0.25, -0.2) is 8.78 Å². The van der Waals surface area contributed by atoms with Gasteiger partial charge in [0.25, 0.3) is 0 Å². The maximum Gasteiger partial charge on any atom is 0.248 e. The van der Waals surface area contributed by atoms with Gasteiger partial charge in [0.1, 0.15) is 18.2 Å². The Bertz CT molecular complexity index is 1460. The third-order valence-electron chi connectivity index (χ3n) is 6.55. The van der Waals surface area contributed by atoms with E-state index in [1.165, 1.54) is 12.3 Å². The van der Waals surface area contributed by atoms with Crippen molar-refractivity contribution in [3.63, 3.8) is 0 Å². The third kappa shape index (κ3) is 6.38. The minimum Gasteiger partial charge on any atom is -0.497 e. The monoisotopic (exact) mass is 550 g/mol. The van der Waals surface area contributed by atoms with Gasteiger partial charge in [-0.1, -0.05) is 23.9 Å². The van der Waals surface area contributed by atoms with E-state index in [0.29, 0.717) is 58.2 Å². The normalized spacial score (nSPS) is 20.2. The first kappa shape index (κ1) is 28.1. The quantitative estimate of drug-likeness (QED) is 0.455. The second-order valence-corrected chi connectivity index (χ2v) is 10.3. The van der Waals surface area contributed by atoms with Gasteiger partial charge in [-0.3, -0.25) is 9.48 Å². The lowest BCUT2D eigenvalue weighted by atomic mass is 9.73. The zero-order chi connectivity index (χ0) is 28.0. The molecule has 1 saturated heterocycles. The summed E-state index contributed by atoms with van der Waals surface area (Å²) in [7, 11) is 1.75. The van der Waals surface area contributed by atoms with Crippen molar-refractivity contribution in [3.05, 3.63) is 89.8 Å². The number of carbonyl (C=O) groups excluding carboxylic acids is 1. The molecule has 1 amide bonds. The standard InChI is InChI=1S/C23H21F2N3OS.C6H7NO2/c1-15-13-23(14-26,9-11-29-15)18-4-3-5-21(22(18)25)30-16-6-7-17(19(24)12-16)20-8-10-27-28(20)2;7-6(8)5-1-3-9-4-2-5/h3-8,10,12,15H,9,11,13H2,1-2H3;1-3H,4H2,(H2,7,8)/t15-,23-;/m0./s1.